The Morgan fingerprint density at radius 3 is 1.19 bits per heavy atom. The van der Waals surface area contributed by atoms with E-state index in [-0.39, 0.29) is 22.6 Å². The van der Waals surface area contributed by atoms with E-state index >= 15 is 9.59 Å². The smallest absolute Gasteiger partial charge is 0.265 e. The molecule has 4 heteroatoms. The van der Waals surface area contributed by atoms with Gasteiger partial charge in [0.25, 0.3) is 11.8 Å². The number of fused-ring (bicyclic) bond motifs is 13. The third kappa shape index (κ3) is 10.5. The van der Waals surface area contributed by atoms with Gasteiger partial charge in [-0.25, -0.2) is 0 Å². The van der Waals surface area contributed by atoms with Crippen molar-refractivity contribution < 1.29 is 9.59 Å². The summed E-state index contributed by atoms with van der Waals surface area (Å²) < 4.78 is 0. The molecule has 0 aromatic heterocycles. The first kappa shape index (κ1) is 55.8. The van der Waals surface area contributed by atoms with Crippen LogP contribution in [0, 0.1) is 0 Å². The second-order valence-electron chi connectivity index (χ2n) is 24.5. The molecule has 0 atom stereocenters. The summed E-state index contributed by atoms with van der Waals surface area (Å²) in [5, 5.41) is 0. The maximum Gasteiger partial charge on any atom is 0.265 e. The molecule has 4 aromatic carbocycles. The zero-order chi connectivity index (χ0) is 54.2. The Bertz CT molecular complexity index is 2970. The van der Waals surface area contributed by atoms with Crippen LogP contribution in [0.2, 0.25) is 0 Å². The maximum absolute atomic E-state index is 15.5. The van der Waals surface area contributed by atoms with Gasteiger partial charge in [0, 0.05) is 34.4 Å². The number of unbranched alkanes of at least 4 members (excludes halogenated alkanes) is 20. The molecule has 0 spiro atoms. The Morgan fingerprint density at radius 1 is 0.397 bits per heavy atom. The Kier molecular flexibility index (Phi) is 18.1. The fourth-order valence-corrected chi connectivity index (χ4v) is 15.1. The Hall–Kier alpha value is -5.48. The molecule has 412 valence electrons. The van der Waals surface area contributed by atoms with Crippen molar-refractivity contribution in [2.75, 3.05) is 0 Å². The molecule has 0 radical (unpaired) electrons. The minimum atomic E-state index is -0.154. The lowest BCUT2D eigenvalue weighted by Crippen LogP contribution is -2.28. The predicted molar refractivity (Wildman–Crippen MR) is 332 cm³/mol. The van der Waals surface area contributed by atoms with E-state index in [9.17, 15) is 0 Å². The van der Waals surface area contributed by atoms with Crippen LogP contribution in [-0.4, -0.2) is 21.6 Å². The van der Waals surface area contributed by atoms with E-state index in [0.717, 1.165) is 72.2 Å². The average molecular weight is 1040 g/mol. The van der Waals surface area contributed by atoms with Gasteiger partial charge in [-0.2, -0.15) is 0 Å². The largest absolute Gasteiger partial charge is 0.282 e. The van der Waals surface area contributed by atoms with Crippen molar-refractivity contribution in [2.24, 2.45) is 0 Å². The Morgan fingerprint density at radius 2 is 0.782 bits per heavy atom. The second-order valence-corrected chi connectivity index (χ2v) is 24.5. The molecular formula is C74H94N2O2. The topological polar surface area (TPSA) is 40.6 Å². The first-order valence-corrected chi connectivity index (χ1v) is 32.1. The van der Waals surface area contributed by atoms with Crippen molar-refractivity contribution in [2.45, 2.75) is 245 Å². The highest BCUT2D eigenvalue weighted by Gasteiger charge is 2.52. The second kappa shape index (κ2) is 25.3. The average Bonchev–Trinajstić information content (AvgIpc) is 4.33. The zero-order valence-electron chi connectivity index (χ0n) is 49.2. The van der Waals surface area contributed by atoms with Crippen LogP contribution in [0.4, 0.5) is 0 Å². The molecule has 4 heterocycles. The molecule has 0 N–H and O–H groups in total. The van der Waals surface area contributed by atoms with E-state index in [0.29, 0.717) is 11.1 Å². The molecule has 10 rings (SSSR count). The van der Waals surface area contributed by atoms with E-state index < -0.39 is 0 Å². The van der Waals surface area contributed by atoms with Crippen molar-refractivity contribution in [1.82, 2.24) is 9.80 Å². The molecular weight excluding hydrogens is 949 g/mol. The molecule has 0 unspecified atom stereocenters. The van der Waals surface area contributed by atoms with Crippen molar-refractivity contribution in [3.05, 3.63) is 146 Å². The van der Waals surface area contributed by atoms with Crippen LogP contribution in [0.1, 0.15) is 283 Å². The first-order valence-electron chi connectivity index (χ1n) is 32.1. The minimum absolute atomic E-state index is 0.0858. The molecule has 0 saturated carbocycles. The SMILES string of the molecule is CC/C=C/c1ccc2c(c1)C(CCCCCCCC)(CCCCCCCC)c1cc3c(cc1-2)C=CN1C(=O)C2=C4c5cc6c(cc5C=CN4C(=O)C2=C31)-c1ccc(CC)cc1C6(CCCCCCCC)CCCCCCCC. The number of hydrogen-bond donors (Lipinski definition) is 0. The summed E-state index contributed by atoms with van der Waals surface area (Å²) in [6.07, 6.45) is 49.7. The lowest BCUT2D eigenvalue weighted by molar-refractivity contribution is -0.122. The summed E-state index contributed by atoms with van der Waals surface area (Å²) in [4.78, 5) is 34.6. The van der Waals surface area contributed by atoms with Gasteiger partial charge in [0.15, 0.2) is 0 Å². The van der Waals surface area contributed by atoms with Crippen molar-refractivity contribution in [1.29, 1.82) is 0 Å². The van der Waals surface area contributed by atoms with Crippen LogP contribution in [0.5, 0.6) is 0 Å². The maximum atomic E-state index is 15.5. The van der Waals surface area contributed by atoms with E-state index in [1.54, 1.807) is 0 Å². The summed E-state index contributed by atoms with van der Waals surface area (Å²) in [7, 11) is 0. The van der Waals surface area contributed by atoms with Crippen molar-refractivity contribution in [3.63, 3.8) is 0 Å². The van der Waals surface area contributed by atoms with Gasteiger partial charge >= 0.3 is 0 Å². The summed E-state index contributed by atoms with van der Waals surface area (Å²) in [6.45, 7) is 13.7. The molecule has 6 aliphatic rings. The molecule has 0 saturated heterocycles. The number of rotatable bonds is 31. The van der Waals surface area contributed by atoms with Gasteiger partial charge in [0.2, 0.25) is 0 Å². The van der Waals surface area contributed by atoms with Gasteiger partial charge in [-0.3, -0.25) is 19.4 Å². The van der Waals surface area contributed by atoms with Gasteiger partial charge in [-0.1, -0.05) is 244 Å². The Labute approximate surface area is 471 Å². The number of hydrogen-bond acceptors (Lipinski definition) is 2. The third-order valence-corrected chi connectivity index (χ3v) is 19.3. The monoisotopic (exact) mass is 1040 g/mol. The number of carbonyl (C=O) groups excluding carboxylic acids is 2. The molecule has 2 aliphatic carbocycles. The van der Waals surface area contributed by atoms with E-state index in [2.05, 4.69) is 127 Å². The highest BCUT2D eigenvalue weighted by atomic mass is 16.2. The van der Waals surface area contributed by atoms with E-state index in [4.69, 9.17) is 0 Å². The van der Waals surface area contributed by atoms with Gasteiger partial charge < -0.3 is 0 Å². The summed E-state index contributed by atoms with van der Waals surface area (Å²) in [5.74, 6) is -0.172. The number of aryl methyl sites for hydroxylation is 1. The van der Waals surface area contributed by atoms with Gasteiger partial charge in [0.1, 0.15) is 0 Å². The number of allylic oxidation sites excluding steroid dienone is 1. The first-order chi connectivity index (χ1) is 38.3. The summed E-state index contributed by atoms with van der Waals surface area (Å²) in [5.41, 5.74) is 20.5. The summed E-state index contributed by atoms with van der Waals surface area (Å²) >= 11 is 0. The van der Waals surface area contributed by atoms with Gasteiger partial charge in [-0.15, -0.1) is 0 Å². The van der Waals surface area contributed by atoms with Gasteiger partial charge in [0.05, 0.1) is 22.5 Å². The fourth-order valence-electron chi connectivity index (χ4n) is 15.1. The number of amides is 2. The quantitative estimate of drug-likeness (QED) is 0.0471. The predicted octanol–water partition coefficient (Wildman–Crippen LogP) is 21.0. The highest BCUT2D eigenvalue weighted by molar-refractivity contribution is 6.32. The molecule has 78 heavy (non-hydrogen) atoms. The summed E-state index contributed by atoms with van der Waals surface area (Å²) in [6, 6.07) is 24.4. The molecule has 4 aliphatic heterocycles. The lowest BCUT2D eigenvalue weighted by atomic mass is 9.69. The van der Waals surface area contributed by atoms with Crippen LogP contribution in [0.3, 0.4) is 0 Å². The van der Waals surface area contributed by atoms with E-state index in [1.807, 2.05) is 22.2 Å². The van der Waals surface area contributed by atoms with Crippen LogP contribution in [-0.2, 0) is 26.8 Å². The molecule has 2 amide bonds. The van der Waals surface area contributed by atoms with Crippen LogP contribution >= 0.6 is 0 Å². The molecule has 0 fully saturated rings. The number of carbonyl (C=O) groups is 2. The standard InChI is InChI=1S/C74H94N2O2/c1-7-13-18-22-26-30-41-73(42-31-27-23-19-14-8-2)63-47-53(12-6)35-37-57(63)61-49-55-39-45-75-69(59(55)51-65(61)73)67-68(72(75)78)70-60-52-66-62(50-56(60)40-46-76(70)71(67)77)58-38-36-54(34-17-11-5)48-64(58)74(66,43-32-28-24-20-15-9-3)44-33-29-25-21-16-10-4/h17,34-40,45-52H,7-16,18-33,41-44H2,1-6H3/b34-17+. The number of nitrogens with zero attached hydrogens (tertiary/aromatic N) is 2. The Balaban J connectivity index is 1.10. The van der Waals surface area contributed by atoms with Crippen LogP contribution < -0.4 is 0 Å². The molecule has 4 nitrogen and oxygen atoms in total. The number of benzene rings is 4. The molecule has 4 aromatic rings. The highest BCUT2D eigenvalue weighted by Crippen LogP contribution is 2.60. The normalized spacial score (nSPS) is 16.5. The lowest BCUT2D eigenvalue weighted by Gasteiger charge is -2.34. The molecule has 0 bridgehead atoms. The fraction of sp³-hybridized carbons (Fsp3) is 0.514. The van der Waals surface area contributed by atoms with Crippen LogP contribution in [0.25, 0.3) is 51.9 Å². The zero-order valence-corrected chi connectivity index (χ0v) is 49.2. The minimum Gasteiger partial charge on any atom is -0.282 e. The van der Waals surface area contributed by atoms with Crippen molar-refractivity contribution >= 4 is 41.4 Å². The van der Waals surface area contributed by atoms with E-state index in [1.165, 1.54) is 210 Å². The van der Waals surface area contributed by atoms with Gasteiger partial charge in [-0.05, 0) is 142 Å². The van der Waals surface area contributed by atoms with Crippen LogP contribution in [0.15, 0.2) is 90.3 Å². The van der Waals surface area contributed by atoms with Crippen molar-refractivity contribution in [3.8, 4) is 22.3 Å². The third-order valence-electron chi connectivity index (χ3n) is 19.3.